The van der Waals surface area contributed by atoms with Gasteiger partial charge in [-0.15, -0.1) is 11.3 Å². The highest BCUT2D eigenvalue weighted by Gasteiger charge is 2.42. The predicted octanol–water partition coefficient (Wildman–Crippen LogP) is 1.86. The molecule has 4 nitrogen and oxygen atoms in total. The first-order valence-corrected chi connectivity index (χ1v) is 7.62. The van der Waals surface area contributed by atoms with E-state index in [1.54, 1.807) is 0 Å². The lowest BCUT2D eigenvalue weighted by molar-refractivity contribution is -0.123. The van der Waals surface area contributed by atoms with Crippen molar-refractivity contribution in [2.75, 3.05) is 13.1 Å². The van der Waals surface area contributed by atoms with E-state index in [1.165, 1.54) is 11.3 Å². The lowest BCUT2D eigenvalue weighted by Gasteiger charge is -2.35. The molecule has 2 amide bonds. The fourth-order valence-corrected chi connectivity index (χ4v) is 4.12. The summed E-state index contributed by atoms with van der Waals surface area (Å²) in [5.41, 5.74) is 0. The molecule has 1 aromatic heterocycles. The highest BCUT2D eigenvalue weighted by atomic mass is 79.9. The minimum absolute atomic E-state index is 0.00824. The molecule has 2 aliphatic rings. The van der Waals surface area contributed by atoms with Gasteiger partial charge in [0.1, 0.15) is 0 Å². The molecule has 2 aliphatic heterocycles. The van der Waals surface area contributed by atoms with Crippen LogP contribution in [0.25, 0.3) is 0 Å². The Bertz CT molecular complexity index is 502. The number of halogens is 1. The van der Waals surface area contributed by atoms with Gasteiger partial charge in [0.25, 0.3) is 5.91 Å². The average molecular weight is 329 g/mol. The fraction of sp³-hybridized carbons (Fsp3) is 0.500. The van der Waals surface area contributed by atoms with Crippen LogP contribution in [-0.4, -0.2) is 35.8 Å². The number of nitrogens with zero attached hydrogens (tertiary/aromatic N) is 1. The fourth-order valence-electron chi connectivity index (χ4n) is 2.77. The molecule has 96 valence electrons. The number of nitrogens with one attached hydrogen (secondary N) is 1. The third-order valence-corrected chi connectivity index (χ3v) is 5.26. The van der Waals surface area contributed by atoms with Crippen molar-refractivity contribution in [2.24, 2.45) is 5.92 Å². The van der Waals surface area contributed by atoms with E-state index >= 15 is 0 Å². The maximum absolute atomic E-state index is 12.4. The first-order chi connectivity index (χ1) is 8.66. The van der Waals surface area contributed by atoms with Crippen LogP contribution in [0.2, 0.25) is 0 Å². The number of amides is 2. The van der Waals surface area contributed by atoms with Gasteiger partial charge >= 0.3 is 0 Å². The van der Waals surface area contributed by atoms with E-state index in [0.717, 1.165) is 28.0 Å². The zero-order chi connectivity index (χ0) is 12.7. The summed E-state index contributed by atoms with van der Waals surface area (Å²) in [6.07, 6.45) is 1.81. The van der Waals surface area contributed by atoms with Crippen LogP contribution >= 0.6 is 27.3 Å². The lowest BCUT2D eigenvalue weighted by Crippen LogP contribution is -2.48. The smallest absolute Gasteiger partial charge is 0.264 e. The number of hydrogen-bond donors (Lipinski definition) is 1. The molecule has 0 bridgehead atoms. The van der Waals surface area contributed by atoms with E-state index in [4.69, 9.17) is 0 Å². The Morgan fingerprint density at radius 2 is 2.33 bits per heavy atom. The van der Waals surface area contributed by atoms with Crippen molar-refractivity contribution in [2.45, 2.75) is 18.9 Å². The molecule has 0 spiro atoms. The normalized spacial score (nSPS) is 26.9. The van der Waals surface area contributed by atoms with Crippen LogP contribution in [0.4, 0.5) is 0 Å². The summed E-state index contributed by atoms with van der Waals surface area (Å²) in [7, 11) is 0. The molecule has 18 heavy (non-hydrogen) atoms. The van der Waals surface area contributed by atoms with Crippen molar-refractivity contribution in [3.63, 3.8) is 0 Å². The molecule has 6 heteroatoms. The summed E-state index contributed by atoms with van der Waals surface area (Å²) in [6.45, 7) is 1.35. The Balaban J connectivity index is 1.83. The standard InChI is InChI=1S/C12H13BrN2O2S/c13-10-4-3-9(18-10)12(17)15-5-1-2-7-8(15)6-14-11(7)16/h3-4,7-8H,1-2,5-6H2,(H,14,16). The van der Waals surface area contributed by atoms with Gasteiger partial charge in [0, 0.05) is 13.1 Å². The van der Waals surface area contributed by atoms with Crippen molar-refractivity contribution >= 4 is 39.1 Å². The molecule has 1 N–H and O–H groups in total. The number of carbonyl (C=O) groups excluding carboxylic acids is 2. The molecule has 2 fully saturated rings. The van der Waals surface area contributed by atoms with Crippen LogP contribution in [0.5, 0.6) is 0 Å². The first kappa shape index (κ1) is 12.2. The maximum Gasteiger partial charge on any atom is 0.264 e. The number of rotatable bonds is 1. The van der Waals surface area contributed by atoms with Crippen molar-refractivity contribution in [1.82, 2.24) is 10.2 Å². The highest BCUT2D eigenvalue weighted by Crippen LogP contribution is 2.30. The molecule has 3 rings (SSSR count). The maximum atomic E-state index is 12.4. The van der Waals surface area contributed by atoms with Gasteiger partial charge in [-0.3, -0.25) is 9.59 Å². The molecule has 2 unspecified atom stereocenters. The minimum atomic E-state index is -0.00824. The van der Waals surface area contributed by atoms with Crippen LogP contribution in [0.15, 0.2) is 15.9 Å². The lowest BCUT2D eigenvalue weighted by atomic mass is 9.91. The third-order valence-electron chi connectivity index (χ3n) is 3.65. The van der Waals surface area contributed by atoms with Crippen LogP contribution in [-0.2, 0) is 4.79 Å². The Kier molecular flexibility index (Phi) is 3.15. The molecular formula is C12H13BrN2O2S. The number of likely N-dealkylation sites (tertiary alicyclic amines) is 1. The molecule has 0 aromatic carbocycles. The molecular weight excluding hydrogens is 316 g/mol. The van der Waals surface area contributed by atoms with Crippen LogP contribution < -0.4 is 5.32 Å². The molecule has 0 radical (unpaired) electrons. The zero-order valence-electron chi connectivity index (χ0n) is 9.69. The van der Waals surface area contributed by atoms with Gasteiger partial charge in [0.2, 0.25) is 5.91 Å². The Hall–Kier alpha value is -0.880. The number of carbonyl (C=O) groups is 2. The second kappa shape index (κ2) is 4.66. The molecule has 0 aliphatic carbocycles. The summed E-state index contributed by atoms with van der Waals surface area (Å²) in [5, 5.41) is 2.86. The van der Waals surface area contributed by atoms with Gasteiger partial charge in [-0.1, -0.05) is 0 Å². The third kappa shape index (κ3) is 1.97. The van der Waals surface area contributed by atoms with Gasteiger partial charge in [0.15, 0.2) is 0 Å². The highest BCUT2D eigenvalue weighted by molar-refractivity contribution is 9.11. The predicted molar refractivity (Wildman–Crippen MR) is 72.6 cm³/mol. The topological polar surface area (TPSA) is 49.4 Å². The van der Waals surface area contributed by atoms with Crippen molar-refractivity contribution < 1.29 is 9.59 Å². The molecule has 2 saturated heterocycles. The second-order valence-electron chi connectivity index (χ2n) is 4.66. The monoisotopic (exact) mass is 328 g/mol. The van der Waals surface area contributed by atoms with Gasteiger partial charge in [-0.25, -0.2) is 0 Å². The van der Waals surface area contributed by atoms with Crippen molar-refractivity contribution in [1.29, 1.82) is 0 Å². The Morgan fingerprint density at radius 3 is 3.06 bits per heavy atom. The minimum Gasteiger partial charge on any atom is -0.354 e. The summed E-state index contributed by atoms with van der Waals surface area (Å²) in [5.74, 6) is 0.146. The number of fused-ring (bicyclic) bond motifs is 1. The number of hydrogen-bond acceptors (Lipinski definition) is 3. The zero-order valence-corrected chi connectivity index (χ0v) is 12.1. The second-order valence-corrected chi connectivity index (χ2v) is 7.13. The molecule has 2 atom stereocenters. The van der Waals surface area contributed by atoms with Crippen molar-refractivity contribution in [3.05, 3.63) is 20.8 Å². The Labute approximate surface area is 117 Å². The van der Waals surface area contributed by atoms with E-state index in [2.05, 4.69) is 21.2 Å². The van der Waals surface area contributed by atoms with Gasteiger partial charge < -0.3 is 10.2 Å². The molecule has 0 saturated carbocycles. The van der Waals surface area contributed by atoms with Gasteiger partial charge in [0.05, 0.1) is 20.6 Å². The van der Waals surface area contributed by atoms with Gasteiger partial charge in [-0.05, 0) is 40.9 Å². The first-order valence-electron chi connectivity index (χ1n) is 6.01. The summed E-state index contributed by atoms with van der Waals surface area (Å²) < 4.78 is 0.958. The number of piperidine rings is 1. The number of thiophene rings is 1. The quantitative estimate of drug-likeness (QED) is 0.855. The largest absolute Gasteiger partial charge is 0.354 e. The SMILES string of the molecule is O=C1NCC2C1CCCN2C(=O)c1ccc(Br)s1. The van der Waals surface area contributed by atoms with Gasteiger partial charge in [-0.2, -0.15) is 0 Å². The van der Waals surface area contributed by atoms with Crippen LogP contribution in [0.3, 0.4) is 0 Å². The van der Waals surface area contributed by atoms with E-state index in [9.17, 15) is 9.59 Å². The average Bonchev–Trinajstić information content (AvgIpc) is 2.96. The van der Waals surface area contributed by atoms with E-state index in [-0.39, 0.29) is 23.8 Å². The van der Waals surface area contributed by atoms with E-state index in [0.29, 0.717) is 6.54 Å². The molecule has 1 aromatic rings. The van der Waals surface area contributed by atoms with E-state index in [1.807, 2.05) is 17.0 Å². The molecule has 3 heterocycles. The summed E-state index contributed by atoms with van der Waals surface area (Å²) in [6, 6.07) is 3.77. The summed E-state index contributed by atoms with van der Waals surface area (Å²) in [4.78, 5) is 26.7. The van der Waals surface area contributed by atoms with E-state index < -0.39 is 0 Å². The van der Waals surface area contributed by atoms with Crippen LogP contribution in [0, 0.1) is 5.92 Å². The summed E-state index contributed by atoms with van der Waals surface area (Å²) >= 11 is 4.82. The van der Waals surface area contributed by atoms with Crippen molar-refractivity contribution in [3.8, 4) is 0 Å². The van der Waals surface area contributed by atoms with Crippen LogP contribution in [0.1, 0.15) is 22.5 Å². The Morgan fingerprint density at radius 1 is 1.50 bits per heavy atom.